The lowest BCUT2D eigenvalue weighted by molar-refractivity contribution is -0.119. The first-order valence-corrected chi connectivity index (χ1v) is 5.14. The molecule has 0 amide bonds. The zero-order chi connectivity index (χ0) is 9.68. The van der Waals surface area contributed by atoms with E-state index < -0.39 is 0 Å². The highest BCUT2D eigenvalue weighted by molar-refractivity contribution is 4.77. The van der Waals surface area contributed by atoms with E-state index in [1.165, 1.54) is 12.8 Å². The molecule has 0 bridgehead atoms. The second kappa shape index (κ2) is 5.58. The smallest absolute Gasteiger partial charge is 0.160 e. The first kappa shape index (κ1) is 11.0. The molecule has 3 atom stereocenters. The monoisotopic (exact) mass is 188 g/mol. The van der Waals surface area contributed by atoms with E-state index in [-0.39, 0.29) is 18.5 Å². The number of unbranched alkanes of at least 4 members (excludes halogenated alkanes) is 2. The van der Waals surface area contributed by atoms with Crippen molar-refractivity contribution in [2.45, 2.75) is 57.5 Å². The van der Waals surface area contributed by atoms with E-state index in [1.54, 1.807) is 7.11 Å². The van der Waals surface area contributed by atoms with Crippen molar-refractivity contribution in [1.82, 2.24) is 0 Å². The molecule has 0 radical (unpaired) electrons. The average molecular weight is 188 g/mol. The molecular formula is C10H20O3. The number of ether oxygens (including phenoxy) is 2. The van der Waals surface area contributed by atoms with Crippen LogP contribution in [0.25, 0.3) is 0 Å². The van der Waals surface area contributed by atoms with Crippen LogP contribution in [0.15, 0.2) is 0 Å². The molecule has 0 spiro atoms. The third-order valence-electron chi connectivity index (χ3n) is 2.54. The van der Waals surface area contributed by atoms with Gasteiger partial charge in [0.25, 0.3) is 0 Å². The minimum Gasteiger partial charge on any atom is -0.390 e. The summed E-state index contributed by atoms with van der Waals surface area (Å²) in [5.41, 5.74) is 0. The van der Waals surface area contributed by atoms with Crippen LogP contribution in [-0.2, 0) is 9.47 Å². The molecule has 3 heteroatoms. The lowest BCUT2D eigenvalue weighted by Crippen LogP contribution is -2.20. The Labute approximate surface area is 80.0 Å². The predicted molar refractivity (Wildman–Crippen MR) is 50.4 cm³/mol. The van der Waals surface area contributed by atoms with Gasteiger partial charge in [0.05, 0.1) is 12.2 Å². The Morgan fingerprint density at radius 2 is 2.23 bits per heavy atom. The van der Waals surface area contributed by atoms with Gasteiger partial charge >= 0.3 is 0 Å². The summed E-state index contributed by atoms with van der Waals surface area (Å²) in [6, 6.07) is 0. The first-order chi connectivity index (χ1) is 6.27. The number of aliphatic hydroxyl groups excluding tert-OH is 1. The normalized spacial score (nSPS) is 33.9. The Kier molecular flexibility index (Phi) is 4.70. The minimum atomic E-state index is -0.332. The van der Waals surface area contributed by atoms with Gasteiger partial charge in [0.1, 0.15) is 0 Å². The van der Waals surface area contributed by atoms with Crippen LogP contribution in [-0.4, -0.2) is 30.7 Å². The largest absolute Gasteiger partial charge is 0.390 e. The van der Waals surface area contributed by atoms with Crippen LogP contribution in [0.5, 0.6) is 0 Å². The number of rotatable bonds is 5. The molecule has 0 aromatic rings. The van der Waals surface area contributed by atoms with Gasteiger partial charge in [-0.3, -0.25) is 0 Å². The molecule has 0 aromatic carbocycles. The van der Waals surface area contributed by atoms with E-state index in [4.69, 9.17) is 9.47 Å². The van der Waals surface area contributed by atoms with Crippen LogP contribution in [0.2, 0.25) is 0 Å². The molecule has 0 aliphatic carbocycles. The average Bonchev–Trinajstić information content (AvgIpc) is 2.48. The third-order valence-corrected chi connectivity index (χ3v) is 2.54. The van der Waals surface area contributed by atoms with Gasteiger partial charge in [-0.1, -0.05) is 26.2 Å². The van der Waals surface area contributed by atoms with E-state index in [2.05, 4.69) is 6.92 Å². The molecule has 13 heavy (non-hydrogen) atoms. The van der Waals surface area contributed by atoms with E-state index in [1.807, 2.05) is 0 Å². The van der Waals surface area contributed by atoms with E-state index >= 15 is 0 Å². The minimum absolute atomic E-state index is 0.00324. The Balaban J connectivity index is 2.18. The van der Waals surface area contributed by atoms with Gasteiger partial charge in [-0.15, -0.1) is 0 Å². The molecule has 0 saturated carbocycles. The topological polar surface area (TPSA) is 38.7 Å². The second-order valence-corrected chi connectivity index (χ2v) is 3.64. The summed E-state index contributed by atoms with van der Waals surface area (Å²) in [5.74, 6) is 0. The molecule has 1 aliphatic rings. The SMILES string of the molecule is CCCCC[C@H]1O[C@@H](OC)C[C@H]1O. The van der Waals surface area contributed by atoms with Crippen LogP contribution in [0, 0.1) is 0 Å². The molecule has 0 unspecified atom stereocenters. The van der Waals surface area contributed by atoms with Crippen molar-refractivity contribution in [3.63, 3.8) is 0 Å². The second-order valence-electron chi connectivity index (χ2n) is 3.64. The third kappa shape index (κ3) is 3.25. The molecule has 1 rings (SSSR count). The van der Waals surface area contributed by atoms with Crippen molar-refractivity contribution in [2.24, 2.45) is 0 Å². The van der Waals surface area contributed by atoms with Gasteiger partial charge in [-0.2, -0.15) is 0 Å². The summed E-state index contributed by atoms with van der Waals surface area (Å²) in [5, 5.41) is 9.58. The maximum Gasteiger partial charge on any atom is 0.160 e. The van der Waals surface area contributed by atoms with E-state index in [9.17, 15) is 5.11 Å². The van der Waals surface area contributed by atoms with Crippen LogP contribution >= 0.6 is 0 Å². The fraction of sp³-hybridized carbons (Fsp3) is 1.00. The van der Waals surface area contributed by atoms with Crippen molar-refractivity contribution >= 4 is 0 Å². The maximum atomic E-state index is 9.58. The molecule has 3 nitrogen and oxygen atoms in total. The molecular weight excluding hydrogens is 168 g/mol. The van der Waals surface area contributed by atoms with Crippen LogP contribution in [0.4, 0.5) is 0 Å². The molecule has 1 aliphatic heterocycles. The summed E-state index contributed by atoms with van der Waals surface area (Å²) >= 11 is 0. The summed E-state index contributed by atoms with van der Waals surface area (Å²) in [6.45, 7) is 2.17. The van der Waals surface area contributed by atoms with E-state index in [0.717, 1.165) is 12.8 Å². The van der Waals surface area contributed by atoms with Crippen molar-refractivity contribution in [2.75, 3.05) is 7.11 Å². The Morgan fingerprint density at radius 3 is 2.77 bits per heavy atom. The lowest BCUT2D eigenvalue weighted by Gasteiger charge is -2.13. The van der Waals surface area contributed by atoms with Crippen LogP contribution < -0.4 is 0 Å². The zero-order valence-electron chi connectivity index (χ0n) is 8.53. The molecule has 78 valence electrons. The zero-order valence-corrected chi connectivity index (χ0v) is 8.53. The Hall–Kier alpha value is -0.120. The van der Waals surface area contributed by atoms with Gasteiger partial charge < -0.3 is 14.6 Å². The molecule has 1 saturated heterocycles. The van der Waals surface area contributed by atoms with Crippen LogP contribution in [0.1, 0.15) is 39.0 Å². The maximum absolute atomic E-state index is 9.58. The summed E-state index contributed by atoms with van der Waals surface area (Å²) in [6.07, 6.45) is 4.59. The standard InChI is InChI=1S/C10H20O3/c1-3-4-5-6-9-8(11)7-10(12-2)13-9/h8-11H,3-7H2,1-2H3/t8-,9-,10-/m1/s1. The van der Waals surface area contributed by atoms with Crippen molar-refractivity contribution in [1.29, 1.82) is 0 Å². The van der Waals surface area contributed by atoms with Gasteiger partial charge in [0, 0.05) is 13.5 Å². The fourth-order valence-corrected chi connectivity index (χ4v) is 1.70. The number of aliphatic hydroxyl groups is 1. The summed E-state index contributed by atoms with van der Waals surface area (Å²) in [4.78, 5) is 0. The number of hydrogen-bond acceptors (Lipinski definition) is 3. The highest BCUT2D eigenvalue weighted by Crippen LogP contribution is 2.24. The molecule has 1 N–H and O–H groups in total. The highest BCUT2D eigenvalue weighted by Gasteiger charge is 2.33. The van der Waals surface area contributed by atoms with Crippen molar-refractivity contribution in [3.05, 3.63) is 0 Å². The summed E-state index contributed by atoms with van der Waals surface area (Å²) in [7, 11) is 1.62. The molecule has 1 fully saturated rings. The van der Waals surface area contributed by atoms with Gasteiger partial charge in [-0.05, 0) is 6.42 Å². The molecule has 0 aromatic heterocycles. The highest BCUT2D eigenvalue weighted by atomic mass is 16.7. The van der Waals surface area contributed by atoms with E-state index in [0.29, 0.717) is 6.42 Å². The van der Waals surface area contributed by atoms with Crippen LogP contribution in [0.3, 0.4) is 0 Å². The van der Waals surface area contributed by atoms with Gasteiger partial charge in [0.2, 0.25) is 0 Å². The van der Waals surface area contributed by atoms with Gasteiger partial charge in [-0.25, -0.2) is 0 Å². The number of methoxy groups -OCH3 is 1. The predicted octanol–water partition coefficient (Wildman–Crippen LogP) is 1.69. The quantitative estimate of drug-likeness (QED) is 0.667. The molecule has 1 heterocycles. The lowest BCUT2D eigenvalue weighted by atomic mass is 10.1. The fourth-order valence-electron chi connectivity index (χ4n) is 1.70. The number of hydrogen-bond donors (Lipinski definition) is 1. The van der Waals surface area contributed by atoms with Crippen molar-refractivity contribution < 1.29 is 14.6 Å². The Bertz CT molecular complexity index is 138. The first-order valence-electron chi connectivity index (χ1n) is 5.14. The summed E-state index contributed by atoms with van der Waals surface area (Å²) < 4.78 is 10.5. The Morgan fingerprint density at radius 1 is 1.46 bits per heavy atom. The van der Waals surface area contributed by atoms with Gasteiger partial charge in [0.15, 0.2) is 6.29 Å². The van der Waals surface area contributed by atoms with Crippen molar-refractivity contribution in [3.8, 4) is 0 Å².